The van der Waals surface area contributed by atoms with Crippen molar-refractivity contribution >= 4 is 31.0 Å². The number of methoxy groups -OCH3 is 1. The van der Waals surface area contributed by atoms with Crippen molar-refractivity contribution < 1.29 is 27.4 Å². The van der Waals surface area contributed by atoms with E-state index in [0.717, 1.165) is 0 Å². The number of aromatic nitrogens is 1. The van der Waals surface area contributed by atoms with Crippen LogP contribution in [-0.4, -0.2) is 51.3 Å². The molecule has 0 radical (unpaired) electrons. The molecule has 0 bridgehead atoms. The molecule has 28 heavy (non-hydrogen) atoms. The number of carbonyl (C=O) groups is 1. The van der Waals surface area contributed by atoms with Crippen LogP contribution in [0.25, 0.3) is 0 Å². The van der Waals surface area contributed by atoms with E-state index >= 15 is 0 Å². The molecule has 9 heteroatoms. The zero-order chi connectivity index (χ0) is 20.8. The van der Waals surface area contributed by atoms with Crippen molar-refractivity contribution in [2.24, 2.45) is 0 Å². The second-order valence-electron chi connectivity index (χ2n) is 6.37. The van der Waals surface area contributed by atoms with Crippen LogP contribution in [0, 0.1) is 0 Å². The SMILES string of the molecule is COc1ncccc1[Se]C(C(=O)Nc1ccccc1)C(C)(C)OCC(F)(F)F. The van der Waals surface area contributed by atoms with Crippen molar-refractivity contribution in [1.82, 2.24) is 4.98 Å². The number of nitrogens with one attached hydrogen (secondary N) is 1. The number of halogens is 3. The van der Waals surface area contributed by atoms with Crippen LogP contribution in [0.4, 0.5) is 18.9 Å². The number of anilines is 1. The number of alkyl halides is 3. The Labute approximate surface area is 167 Å². The molecule has 1 unspecified atom stereocenters. The monoisotopic (exact) mass is 462 g/mol. The molecule has 1 aromatic carbocycles. The number of nitrogens with zero attached hydrogens (tertiary/aromatic N) is 1. The number of carbonyl (C=O) groups excluding carboxylic acids is 1. The quantitative estimate of drug-likeness (QED) is 0.614. The van der Waals surface area contributed by atoms with Crippen molar-refractivity contribution in [3.63, 3.8) is 0 Å². The van der Waals surface area contributed by atoms with Crippen molar-refractivity contribution in [2.75, 3.05) is 19.0 Å². The molecule has 2 aromatic rings. The summed E-state index contributed by atoms with van der Waals surface area (Å²) < 4.78 is 49.1. The van der Waals surface area contributed by atoms with E-state index in [2.05, 4.69) is 10.3 Å². The van der Waals surface area contributed by atoms with Gasteiger partial charge >= 0.3 is 167 Å². The second kappa shape index (κ2) is 9.41. The van der Waals surface area contributed by atoms with Crippen molar-refractivity contribution in [3.8, 4) is 5.88 Å². The molecule has 5 nitrogen and oxygen atoms in total. The van der Waals surface area contributed by atoms with Gasteiger partial charge < -0.3 is 0 Å². The first-order chi connectivity index (χ1) is 13.1. The summed E-state index contributed by atoms with van der Waals surface area (Å²) in [5.41, 5.74) is -0.812. The molecule has 1 atom stereocenters. The van der Waals surface area contributed by atoms with Gasteiger partial charge in [0.1, 0.15) is 0 Å². The molecule has 152 valence electrons. The third-order valence-corrected chi connectivity index (χ3v) is 7.01. The topological polar surface area (TPSA) is 60.5 Å². The van der Waals surface area contributed by atoms with E-state index in [1.165, 1.54) is 21.0 Å². The Morgan fingerprint density at radius 2 is 1.86 bits per heavy atom. The van der Waals surface area contributed by atoms with Crippen LogP contribution in [0.15, 0.2) is 48.7 Å². The molecule has 0 saturated heterocycles. The summed E-state index contributed by atoms with van der Waals surface area (Å²) in [4.78, 5) is 16.2. The summed E-state index contributed by atoms with van der Waals surface area (Å²) in [6.45, 7) is 1.53. The number of benzene rings is 1. The number of pyridine rings is 1. The summed E-state index contributed by atoms with van der Waals surface area (Å²) in [7, 11) is 1.45. The van der Waals surface area contributed by atoms with Gasteiger partial charge in [0.15, 0.2) is 0 Å². The summed E-state index contributed by atoms with van der Waals surface area (Å²) in [6, 6.07) is 12.2. The fourth-order valence-corrected chi connectivity index (χ4v) is 4.78. The van der Waals surface area contributed by atoms with E-state index in [0.29, 0.717) is 16.0 Å². The van der Waals surface area contributed by atoms with E-state index in [9.17, 15) is 18.0 Å². The summed E-state index contributed by atoms with van der Waals surface area (Å²) >= 11 is -0.604. The predicted octanol–water partition coefficient (Wildman–Crippen LogP) is 3.20. The standard InChI is InChI=1S/C19H21F3N2O3Se/c1-18(2,27-12-19(20,21)22)15(16(25)24-13-8-5-4-6-9-13)28-14-10-7-11-23-17(14)26-3/h4-11,15H,12H2,1-3H3,(H,24,25). The number of ether oxygens (including phenoxy) is 2. The Bertz CT molecular complexity index is 785. The number of rotatable bonds is 8. The summed E-state index contributed by atoms with van der Waals surface area (Å²) in [5.74, 6) is -0.0871. The van der Waals surface area contributed by atoms with Gasteiger partial charge in [-0.05, 0) is 0 Å². The van der Waals surface area contributed by atoms with Gasteiger partial charge in [0.25, 0.3) is 0 Å². The third-order valence-electron chi connectivity index (χ3n) is 3.69. The fraction of sp³-hybridized carbons (Fsp3) is 0.368. The summed E-state index contributed by atoms with van der Waals surface area (Å²) in [6.07, 6.45) is -2.94. The van der Waals surface area contributed by atoms with Crippen LogP contribution in [0.5, 0.6) is 5.88 Å². The fourth-order valence-electron chi connectivity index (χ4n) is 2.33. The van der Waals surface area contributed by atoms with Gasteiger partial charge in [-0.3, -0.25) is 0 Å². The van der Waals surface area contributed by atoms with Crippen LogP contribution in [0.2, 0.25) is 4.82 Å². The molecule has 1 aromatic heterocycles. The minimum absolute atomic E-state index is 0.339. The average molecular weight is 461 g/mol. The molecule has 0 spiro atoms. The van der Waals surface area contributed by atoms with Crippen molar-refractivity contribution in [2.45, 2.75) is 30.4 Å². The van der Waals surface area contributed by atoms with Gasteiger partial charge in [-0.15, -0.1) is 0 Å². The first-order valence-corrected chi connectivity index (χ1v) is 10.2. The van der Waals surface area contributed by atoms with Crippen LogP contribution < -0.4 is 14.5 Å². The molecule has 0 fully saturated rings. The van der Waals surface area contributed by atoms with Crippen LogP contribution in [0.1, 0.15) is 13.8 Å². The van der Waals surface area contributed by atoms with Gasteiger partial charge in [-0.25, -0.2) is 0 Å². The average Bonchev–Trinajstić information content (AvgIpc) is 2.65. The summed E-state index contributed by atoms with van der Waals surface area (Å²) in [5, 5.41) is 2.76. The molecule has 2 rings (SSSR count). The number of hydrogen-bond donors (Lipinski definition) is 1. The Kier molecular flexibility index (Phi) is 7.46. The molecule has 0 aliphatic rings. The first-order valence-electron chi connectivity index (χ1n) is 8.34. The van der Waals surface area contributed by atoms with Gasteiger partial charge in [0.2, 0.25) is 0 Å². The zero-order valence-corrected chi connectivity index (χ0v) is 17.3. The molecule has 1 amide bonds. The first kappa shape index (κ1) is 22.2. The maximum absolute atomic E-state index is 13.0. The van der Waals surface area contributed by atoms with E-state index in [-0.39, 0.29) is 0 Å². The van der Waals surface area contributed by atoms with Crippen molar-refractivity contribution in [1.29, 1.82) is 0 Å². The number of para-hydroxylation sites is 1. The normalized spacial score (nSPS) is 13.1. The predicted molar refractivity (Wildman–Crippen MR) is 101 cm³/mol. The van der Waals surface area contributed by atoms with E-state index in [1.807, 2.05) is 0 Å². The second-order valence-corrected chi connectivity index (χ2v) is 8.78. The van der Waals surface area contributed by atoms with Crippen molar-refractivity contribution in [3.05, 3.63) is 48.7 Å². The number of hydrogen-bond acceptors (Lipinski definition) is 4. The third kappa shape index (κ3) is 6.51. The Morgan fingerprint density at radius 3 is 2.46 bits per heavy atom. The minimum atomic E-state index is -4.49. The molecule has 0 aliphatic heterocycles. The Morgan fingerprint density at radius 1 is 1.18 bits per heavy atom. The Hall–Kier alpha value is -2.09. The molecule has 1 heterocycles. The molecule has 0 aliphatic carbocycles. The van der Waals surface area contributed by atoms with Crippen LogP contribution >= 0.6 is 0 Å². The van der Waals surface area contributed by atoms with Gasteiger partial charge in [-0.1, -0.05) is 0 Å². The van der Waals surface area contributed by atoms with Gasteiger partial charge in [-0.2, -0.15) is 0 Å². The molecule has 1 N–H and O–H groups in total. The van der Waals surface area contributed by atoms with E-state index in [1.54, 1.807) is 48.7 Å². The van der Waals surface area contributed by atoms with Gasteiger partial charge in [0.05, 0.1) is 0 Å². The molecular weight excluding hydrogens is 440 g/mol. The molecular formula is C19H21F3N2O3Se. The zero-order valence-electron chi connectivity index (χ0n) is 15.6. The van der Waals surface area contributed by atoms with Crippen LogP contribution in [-0.2, 0) is 9.53 Å². The van der Waals surface area contributed by atoms with E-state index in [4.69, 9.17) is 9.47 Å². The Balaban J connectivity index is 2.29. The maximum atomic E-state index is 13.0. The van der Waals surface area contributed by atoms with E-state index < -0.39 is 44.1 Å². The molecule has 0 saturated carbocycles. The number of amides is 1. The van der Waals surface area contributed by atoms with Crippen LogP contribution in [0.3, 0.4) is 0 Å². The van der Waals surface area contributed by atoms with Gasteiger partial charge in [0, 0.05) is 0 Å².